The smallest absolute Gasteiger partial charge is 0.339 e. The zero-order valence-corrected chi connectivity index (χ0v) is 19.7. The number of carbonyl (C=O) groups excluding carboxylic acids is 2. The number of rotatable bonds is 5. The number of nitrogens with zero attached hydrogens (tertiary/aromatic N) is 1. The van der Waals surface area contributed by atoms with Crippen LogP contribution in [0.15, 0.2) is 71.2 Å². The van der Waals surface area contributed by atoms with E-state index in [0.717, 1.165) is 0 Å². The van der Waals surface area contributed by atoms with Gasteiger partial charge in [0.05, 0.1) is 21.8 Å². The molecule has 0 bridgehead atoms. The van der Waals surface area contributed by atoms with Gasteiger partial charge in [-0.15, -0.1) is 0 Å². The minimum Gasteiger partial charge on any atom is -0.452 e. The van der Waals surface area contributed by atoms with Gasteiger partial charge in [0.2, 0.25) is 0 Å². The fraction of sp³-hybridized carbons (Fsp3) is 0.0800. The molecule has 0 spiro atoms. The third-order valence-corrected chi connectivity index (χ3v) is 6.40. The average molecular weight is 528 g/mol. The number of hydrogen-bond donors (Lipinski definition) is 1. The lowest BCUT2D eigenvalue weighted by molar-refractivity contribution is -0.119. The van der Waals surface area contributed by atoms with E-state index in [1.807, 2.05) is 0 Å². The maximum atomic E-state index is 13.3. The van der Waals surface area contributed by atoms with E-state index >= 15 is 0 Å². The van der Waals surface area contributed by atoms with E-state index in [0.29, 0.717) is 42.9 Å². The average Bonchev–Trinajstić information content (AvgIpc) is 2.82. The molecular weight excluding hydrogens is 511 g/mol. The number of nitrogens with one attached hydrogen (secondary N) is 1. The molecule has 0 aliphatic carbocycles. The number of para-hydroxylation sites is 1. The van der Waals surface area contributed by atoms with E-state index in [1.54, 1.807) is 61.5 Å². The molecule has 1 aromatic heterocycles. The van der Waals surface area contributed by atoms with E-state index in [-0.39, 0.29) is 11.4 Å². The van der Waals surface area contributed by atoms with E-state index in [2.05, 4.69) is 26.2 Å². The first-order chi connectivity index (χ1) is 15.8. The van der Waals surface area contributed by atoms with Gasteiger partial charge in [-0.05, 0) is 76.9 Å². The molecule has 1 amide bonds. The first kappa shape index (κ1) is 22.9. The normalized spacial score (nSPS) is 10.8. The van der Waals surface area contributed by atoms with Gasteiger partial charge in [0, 0.05) is 21.1 Å². The second-order valence-electron chi connectivity index (χ2n) is 7.24. The molecule has 8 heteroatoms. The van der Waals surface area contributed by atoms with Crippen LogP contribution < -0.4 is 5.32 Å². The standard InChI is InChI=1S/C25H17BrClFN2O3/c1-14-20(11-10-19(26)24(14)27)30-23(31)13-33-25(32)18-12-22(15-6-8-16(28)9-7-15)29-21-5-3-2-4-17(18)21/h2-12H,13H2,1H3,(H,30,31). The third kappa shape index (κ3) is 5.05. The van der Waals surface area contributed by atoms with Gasteiger partial charge in [0.25, 0.3) is 5.91 Å². The van der Waals surface area contributed by atoms with Gasteiger partial charge >= 0.3 is 5.97 Å². The van der Waals surface area contributed by atoms with Gasteiger partial charge in [0.1, 0.15) is 5.82 Å². The molecule has 0 radical (unpaired) electrons. The highest BCUT2D eigenvalue weighted by Gasteiger charge is 2.17. The van der Waals surface area contributed by atoms with Crippen LogP contribution in [0, 0.1) is 12.7 Å². The van der Waals surface area contributed by atoms with Crippen LogP contribution in [0.2, 0.25) is 5.02 Å². The molecule has 1 N–H and O–H groups in total. The van der Waals surface area contributed by atoms with Gasteiger partial charge in [-0.25, -0.2) is 14.2 Å². The van der Waals surface area contributed by atoms with Gasteiger partial charge in [0.15, 0.2) is 6.61 Å². The molecule has 1 heterocycles. The van der Waals surface area contributed by atoms with Crippen molar-refractivity contribution < 1.29 is 18.7 Å². The SMILES string of the molecule is Cc1c(NC(=O)COC(=O)c2cc(-c3ccc(F)cc3)nc3ccccc23)ccc(Br)c1Cl. The number of fused-ring (bicyclic) bond motifs is 1. The summed E-state index contributed by atoms with van der Waals surface area (Å²) in [7, 11) is 0. The maximum Gasteiger partial charge on any atom is 0.339 e. The lowest BCUT2D eigenvalue weighted by Gasteiger charge is -2.12. The largest absolute Gasteiger partial charge is 0.452 e. The Hall–Kier alpha value is -3.29. The van der Waals surface area contributed by atoms with Gasteiger partial charge in [-0.2, -0.15) is 0 Å². The predicted molar refractivity (Wildman–Crippen MR) is 130 cm³/mol. The molecule has 166 valence electrons. The molecule has 33 heavy (non-hydrogen) atoms. The number of halogens is 3. The molecule has 0 atom stereocenters. The summed E-state index contributed by atoms with van der Waals surface area (Å²) in [5, 5.41) is 3.77. The number of pyridine rings is 1. The number of esters is 1. The Labute approximate surface area is 202 Å². The predicted octanol–water partition coefficient (Wildman–Crippen LogP) is 6.56. The van der Waals surface area contributed by atoms with Gasteiger partial charge in [-0.1, -0.05) is 29.8 Å². The summed E-state index contributed by atoms with van der Waals surface area (Å²) < 4.78 is 19.3. The number of benzene rings is 3. The monoisotopic (exact) mass is 526 g/mol. The fourth-order valence-electron chi connectivity index (χ4n) is 3.30. The fourth-order valence-corrected chi connectivity index (χ4v) is 3.89. The molecule has 5 nitrogen and oxygen atoms in total. The minimum atomic E-state index is -0.669. The van der Waals surface area contributed by atoms with Gasteiger partial charge in [-0.3, -0.25) is 4.79 Å². The second kappa shape index (κ2) is 9.68. The summed E-state index contributed by atoms with van der Waals surface area (Å²) in [5.74, 6) is -1.54. The Morgan fingerprint density at radius 3 is 2.58 bits per heavy atom. The van der Waals surface area contributed by atoms with Crippen LogP contribution in [0.4, 0.5) is 10.1 Å². The quantitative estimate of drug-likeness (QED) is 0.298. The zero-order valence-electron chi connectivity index (χ0n) is 17.4. The zero-order chi connectivity index (χ0) is 23.5. The Kier molecular flexibility index (Phi) is 6.72. The Morgan fingerprint density at radius 1 is 1.09 bits per heavy atom. The number of carbonyl (C=O) groups is 2. The van der Waals surface area contributed by atoms with Crippen molar-refractivity contribution in [3.63, 3.8) is 0 Å². The van der Waals surface area contributed by atoms with Crippen molar-refractivity contribution in [1.82, 2.24) is 4.98 Å². The van der Waals surface area contributed by atoms with Crippen LogP contribution in [0.25, 0.3) is 22.2 Å². The number of hydrogen-bond acceptors (Lipinski definition) is 4. The molecule has 0 fully saturated rings. The van der Waals surface area contributed by atoms with Crippen LogP contribution in [-0.2, 0) is 9.53 Å². The van der Waals surface area contributed by atoms with E-state index in [1.165, 1.54) is 12.1 Å². The van der Waals surface area contributed by atoms with Crippen LogP contribution in [0.1, 0.15) is 15.9 Å². The molecule has 4 rings (SSSR count). The first-order valence-electron chi connectivity index (χ1n) is 9.91. The number of anilines is 1. The summed E-state index contributed by atoms with van der Waals surface area (Å²) >= 11 is 9.52. The Balaban J connectivity index is 1.56. The maximum absolute atomic E-state index is 13.3. The van der Waals surface area contributed by atoms with Crippen LogP contribution in [0.5, 0.6) is 0 Å². The highest BCUT2D eigenvalue weighted by molar-refractivity contribution is 9.10. The summed E-state index contributed by atoms with van der Waals surface area (Å²) in [6.45, 7) is 1.29. The molecule has 0 saturated heterocycles. The van der Waals surface area contributed by atoms with E-state index in [9.17, 15) is 14.0 Å². The molecule has 0 saturated carbocycles. The third-order valence-electron chi connectivity index (χ3n) is 5.02. The lowest BCUT2D eigenvalue weighted by atomic mass is 10.0. The van der Waals surface area contributed by atoms with Crippen LogP contribution in [-0.4, -0.2) is 23.5 Å². The summed E-state index contributed by atoms with van der Waals surface area (Å²) in [4.78, 5) is 29.9. The summed E-state index contributed by atoms with van der Waals surface area (Å²) in [5.41, 5.74) is 3.19. The minimum absolute atomic E-state index is 0.260. The lowest BCUT2D eigenvalue weighted by Crippen LogP contribution is -2.21. The van der Waals surface area contributed by atoms with Crippen molar-refractivity contribution in [2.45, 2.75) is 6.92 Å². The number of amides is 1. The van der Waals surface area contributed by atoms with Crippen molar-refractivity contribution in [2.24, 2.45) is 0 Å². The molecule has 0 unspecified atom stereocenters. The highest BCUT2D eigenvalue weighted by atomic mass is 79.9. The molecular formula is C25H17BrClFN2O3. The van der Waals surface area contributed by atoms with E-state index < -0.39 is 18.5 Å². The Bertz CT molecular complexity index is 1380. The van der Waals surface area contributed by atoms with Gasteiger partial charge < -0.3 is 10.1 Å². The second-order valence-corrected chi connectivity index (χ2v) is 8.47. The molecule has 4 aromatic rings. The number of aromatic nitrogens is 1. The molecule has 0 aliphatic rings. The van der Waals surface area contributed by atoms with Crippen molar-refractivity contribution in [2.75, 3.05) is 11.9 Å². The molecule has 0 aliphatic heterocycles. The van der Waals surface area contributed by atoms with E-state index in [4.69, 9.17) is 16.3 Å². The topological polar surface area (TPSA) is 68.3 Å². The van der Waals surface area contributed by atoms with Crippen molar-refractivity contribution in [1.29, 1.82) is 0 Å². The summed E-state index contributed by atoms with van der Waals surface area (Å²) in [6.07, 6.45) is 0. The highest BCUT2D eigenvalue weighted by Crippen LogP contribution is 2.31. The summed E-state index contributed by atoms with van der Waals surface area (Å²) in [6, 6.07) is 17.9. The first-order valence-corrected chi connectivity index (χ1v) is 11.1. The number of ether oxygens (including phenoxy) is 1. The van der Waals surface area contributed by atoms with Crippen molar-refractivity contribution in [3.05, 3.63) is 93.2 Å². The van der Waals surface area contributed by atoms with Crippen LogP contribution >= 0.6 is 27.5 Å². The van der Waals surface area contributed by atoms with Crippen LogP contribution in [0.3, 0.4) is 0 Å². The van der Waals surface area contributed by atoms with Crippen molar-refractivity contribution >= 4 is 56.0 Å². The molecule has 3 aromatic carbocycles. The van der Waals surface area contributed by atoms with Crippen molar-refractivity contribution in [3.8, 4) is 11.3 Å². The Morgan fingerprint density at radius 2 is 1.82 bits per heavy atom.